The molecule has 0 radical (unpaired) electrons. The highest BCUT2D eigenvalue weighted by Gasteiger charge is 2.33. The first-order valence-electron chi connectivity index (χ1n) is 7.77. The Morgan fingerprint density at radius 2 is 1.92 bits per heavy atom. The molecule has 1 aromatic carbocycles. The van der Waals surface area contributed by atoms with Gasteiger partial charge in [-0.05, 0) is 38.0 Å². The van der Waals surface area contributed by atoms with Gasteiger partial charge in [0.25, 0.3) is 0 Å². The number of nitrogens with zero attached hydrogens (tertiary/aromatic N) is 2. The van der Waals surface area contributed by atoms with E-state index in [0.717, 1.165) is 17.3 Å². The van der Waals surface area contributed by atoms with Crippen LogP contribution >= 0.6 is 0 Å². The van der Waals surface area contributed by atoms with Crippen LogP contribution in [0.15, 0.2) is 18.2 Å². The summed E-state index contributed by atoms with van der Waals surface area (Å²) in [6.07, 6.45) is -4.35. The fourth-order valence-electron chi connectivity index (χ4n) is 3.12. The minimum atomic E-state index is -4.35. The number of anilines is 1. The molecule has 24 heavy (non-hydrogen) atoms. The lowest BCUT2D eigenvalue weighted by Gasteiger charge is -2.21. The fourth-order valence-corrected chi connectivity index (χ4v) is 3.12. The molecule has 7 heteroatoms. The molecule has 2 heterocycles. The molecule has 0 fully saturated rings. The first-order valence-corrected chi connectivity index (χ1v) is 7.77. The number of hydrogen-bond donors (Lipinski definition) is 2. The van der Waals surface area contributed by atoms with Crippen molar-refractivity contribution in [3.63, 3.8) is 0 Å². The van der Waals surface area contributed by atoms with Crippen LogP contribution in [-0.2, 0) is 19.3 Å². The third-order valence-electron chi connectivity index (χ3n) is 4.30. The number of nitrogens with one attached hydrogen (secondary N) is 2. The van der Waals surface area contributed by atoms with Crippen molar-refractivity contribution >= 4 is 5.82 Å². The lowest BCUT2D eigenvalue weighted by molar-refractivity contribution is -0.138. The van der Waals surface area contributed by atoms with Crippen molar-refractivity contribution < 1.29 is 13.2 Å². The second-order valence-corrected chi connectivity index (χ2v) is 6.03. The molecule has 1 atom stereocenters. The Bertz CT molecular complexity index is 771. The first-order chi connectivity index (χ1) is 11.3. The monoisotopic (exact) mass is 336 g/mol. The van der Waals surface area contributed by atoms with Crippen LogP contribution in [0.4, 0.5) is 19.0 Å². The molecule has 0 bridgehead atoms. The fraction of sp³-hybridized carbons (Fsp3) is 0.412. The van der Waals surface area contributed by atoms with Crippen LogP contribution in [0.2, 0.25) is 0 Å². The number of alkyl halides is 3. The van der Waals surface area contributed by atoms with Crippen LogP contribution in [0.25, 0.3) is 0 Å². The number of hydrogen-bond acceptors (Lipinski definition) is 4. The summed E-state index contributed by atoms with van der Waals surface area (Å²) in [4.78, 5) is 8.82. The van der Waals surface area contributed by atoms with Crippen molar-refractivity contribution in [3.8, 4) is 0 Å². The summed E-state index contributed by atoms with van der Waals surface area (Å²) in [7, 11) is 0. The van der Waals surface area contributed by atoms with E-state index in [-0.39, 0.29) is 11.6 Å². The summed E-state index contributed by atoms with van der Waals surface area (Å²) in [5.41, 5.74) is 2.18. The van der Waals surface area contributed by atoms with Gasteiger partial charge in [0, 0.05) is 18.7 Å². The molecule has 0 aliphatic carbocycles. The number of fused-ring (bicyclic) bond motifs is 1. The topological polar surface area (TPSA) is 49.8 Å². The van der Waals surface area contributed by atoms with Crippen molar-refractivity contribution in [2.24, 2.45) is 0 Å². The van der Waals surface area contributed by atoms with E-state index in [1.54, 1.807) is 6.07 Å². The van der Waals surface area contributed by atoms with Gasteiger partial charge < -0.3 is 10.6 Å². The summed E-state index contributed by atoms with van der Waals surface area (Å²) in [5.74, 6) is 1.33. The van der Waals surface area contributed by atoms with Crippen LogP contribution in [-0.4, -0.2) is 9.97 Å². The zero-order valence-corrected chi connectivity index (χ0v) is 13.8. The van der Waals surface area contributed by atoms with Gasteiger partial charge >= 0.3 is 6.18 Å². The Morgan fingerprint density at radius 1 is 1.17 bits per heavy atom. The summed E-state index contributed by atoms with van der Waals surface area (Å²) in [6, 6.07) is 3.98. The molecular weight excluding hydrogens is 317 g/mol. The zero-order chi connectivity index (χ0) is 17.5. The number of rotatable bonds is 3. The molecule has 0 saturated heterocycles. The Hall–Kier alpha value is -2.15. The van der Waals surface area contributed by atoms with E-state index >= 15 is 0 Å². The Kier molecular flexibility index (Phi) is 4.21. The van der Waals surface area contributed by atoms with E-state index in [2.05, 4.69) is 20.6 Å². The summed E-state index contributed by atoms with van der Waals surface area (Å²) < 4.78 is 39.3. The molecule has 0 unspecified atom stereocenters. The van der Waals surface area contributed by atoms with Crippen LogP contribution in [0.1, 0.15) is 46.7 Å². The van der Waals surface area contributed by atoms with Gasteiger partial charge in [-0.2, -0.15) is 13.2 Å². The smallest absolute Gasteiger partial charge is 0.363 e. The summed E-state index contributed by atoms with van der Waals surface area (Å²) >= 11 is 0. The normalized spacial score (nSPS) is 15.2. The Morgan fingerprint density at radius 3 is 2.62 bits per heavy atom. The maximum atomic E-state index is 13.1. The van der Waals surface area contributed by atoms with Gasteiger partial charge in [0.2, 0.25) is 0 Å². The van der Waals surface area contributed by atoms with Gasteiger partial charge in [0.05, 0.1) is 17.3 Å². The third kappa shape index (κ3) is 3.08. The number of aromatic nitrogens is 2. The average molecular weight is 336 g/mol. The average Bonchev–Trinajstić information content (AvgIpc) is 2.94. The summed E-state index contributed by atoms with van der Waals surface area (Å²) in [6.45, 7) is 6.50. The predicted molar refractivity (Wildman–Crippen MR) is 85.5 cm³/mol. The second kappa shape index (κ2) is 6.05. The molecule has 4 nitrogen and oxygen atoms in total. The number of aryl methyl sites for hydroxylation is 1. The van der Waals surface area contributed by atoms with Gasteiger partial charge in [0.15, 0.2) is 0 Å². The highest BCUT2D eigenvalue weighted by molar-refractivity contribution is 5.51. The maximum Gasteiger partial charge on any atom is 0.416 e. The van der Waals surface area contributed by atoms with E-state index in [0.29, 0.717) is 30.3 Å². The highest BCUT2D eigenvalue weighted by Crippen LogP contribution is 2.35. The van der Waals surface area contributed by atoms with Crippen molar-refractivity contribution in [3.05, 3.63) is 52.0 Å². The lowest BCUT2D eigenvalue weighted by atomic mass is 9.97. The van der Waals surface area contributed by atoms with Gasteiger partial charge in [-0.1, -0.05) is 12.1 Å². The minimum Gasteiger partial charge on any atom is -0.363 e. The van der Waals surface area contributed by atoms with E-state index in [9.17, 15) is 13.2 Å². The third-order valence-corrected chi connectivity index (χ3v) is 4.30. The van der Waals surface area contributed by atoms with Crippen LogP contribution in [0.5, 0.6) is 0 Å². The maximum absolute atomic E-state index is 13.1. The number of halogens is 3. The summed E-state index contributed by atoms with van der Waals surface area (Å²) in [5, 5.41) is 6.48. The van der Waals surface area contributed by atoms with E-state index in [1.807, 2.05) is 13.8 Å². The van der Waals surface area contributed by atoms with E-state index in [4.69, 9.17) is 0 Å². The van der Waals surface area contributed by atoms with E-state index < -0.39 is 11.7 Å². The van der Waals surface area contributed by atoms with Crippen LogP contribution in [0.3, 0.4) is 0 Å². The second-order valence-electron chi connectivity index (χ2n) is 6.03. The minimum absolute atomic E-state index is 0.241. The molecule has 0 amide bonds. The predicted octanol–water partition coefficient (Wildman–Crippen LogP) is 3.89. The van der Waals surface area contributed by atoms with Gasteiger partial charge in [-0.3, -0.25) is 0 Å². The van der Waals surface area contributed by atoms with Crippen molar-refractivity contribution in [1.82, 2.24) is 15.3 Å². The molecule has 128 valence electrons. The van der Waals surface area contributed by atoms with Gasteiger partial charge in [-0.15, -0.1) is 0 Å². The molecule has 1 aromatic heterocycles. The molecule has 1 aliphatic rings. The van der Waals surface area contributed by atoms with Crippen LogP contribution in [0, 0.1) is 13.8 Å². The zero-order valence-electron chi connectivity index (χ0n) is 13.8. The van der Waals surface area contributed by atoms with E-state index in [1.165, 1.54) is 13.0 Å². The van der Waals surface area contributed by atoms with Crippen molar-refractivity contribution in [2.75, 3.05) is 5.32 Å². The molecule has 3 rings (SSSR count). The number of benzene rings is 1. The van der Waals surface area contributed by atoms with Crippen molar-refractivity contribution in [1.29, 1.82) is 0 Å². The largest absolute Gasteiger partial charge is 0.416 e. The highest BCUT2D eigenvalue weighted by atomic mass is 19.4. The van der Waals surface area contributed by atoms with Gasteiger partial charge in [0.1, 0.15) is 11.6 Å². The molecule has 1 aliphatic heterocycles. The first kappa shape index (κ1) is 16.7. The Labute approximate surface area is 138 Å². The molecule has 2 aromatic rings. The molecule has 0 spiro atoms. The molecule has 0 saturated carbocycles. The molecule has 2 N–H and O–H groups in total. The molecular formula is C17H19F3N4. The van der Waals surface area contributed by atoms with Gasteiger partial charge in [-0.25, -0.2) is 9.97 Å². The quantitative estimate of drug-likeness (QED) is 0.893. The lowest BCUT2D eigenvalue weighted by Crippen LogP contribution is -2.15. The van der Waals surface area contributed by atoms with Crippen LogP contribution < -0.4 is 10.6 Å². The Balaban J connectivity index is 1.93. The van der Waals surface area contributed by atoms with Crippen molar-refractivity contribution in [2.45, 2.75) is 46.1 Å². The SMILES string of the molecule is Cc1nc2c(c(N[C@H](C)c3cccc(C(F)(F)F)c3C)n1)CNC2. The standard InChI is InChI=1S/C17H19F3N4/c1-9-12(5-4-6-14(9)17(18,19)20)10(2)22-16-13-7-21-8-15(13)23-11(3)24-16/h4-6,10,21H,7-8H2,1-3H3,(H,22,23,24)/t10-/m1/s1.